The number of hydrogen-bond donors (Lipinski definition) is 0. The molecule has 0 radical (unpaired) electrons. The largest absolute Gasteiger partial charge is 0.454 e. The van der Waals surface area contributed by atoms with Gasteiger partial charge >= 0.3 is 0 Å². The van der Waals surface area contributed by atoms with Crippen molar-refractivity contribution in [2.75, 3.05) is 6.79 Å². The van der Waals surface area contributed by atoms with Crippen molar-refractivity contribution in [3.05, 3.63) is 23.8 Å². The molecule has 0 unspecified atom stereocenters. The lowest BCUT2D eigenvalue weighted by atomic mass is 9.79. The number of aldehydes is 1. The first-order valence-corrected chi connectivity index (χ1v) is 6.21. The SMILES string of the molecule is O=C[C@H]1CC[C@H](c2ccc3c(c2)OCO3)CC1. The van der Waals surface area contributed by atoms with Gasteiger partial charge < -0.3 is 14.3 Å². The van der Waals surface area contributed by atoms with E-state index in [0.29, 0.717) is 12.7 Å². The number of rotatable bonds is 2. The molecule has 3 rings (SSSR count). The van der Waals surface area contributed by atoms with Crippen LogP contribution in [0.3, 0.4) is 0 Å². The predicted octanol–water partition coefficient (Wildman–Crippen LogP) is 2.89. The van der Waals surface area contributed by atoms with Crippen LogP contribution >= 0.6 is 0 Å². The van der Waals surface area contributed by atoms with Crippen LogP contribution < -0.4 is 9.47 Å². The average Bonchev–Trinajstić information content (AvgIpc) is 2.86. The molecule has 0 N–H and O–H groups in total. The Labute approximate surface area is 101 Å². The fourth-order valence-electron chi connectivity index (χ4n) is 2.76. The first-order valence-electron chi connectivity index (χ1n) is 6.21. The molecule has 1 heterocycles. The van der Waals surface area contributed by atoms with E-state index in [9.17, 15) is 4.79 Å². The van der Waals surface area contributed by atoms with Gasteiger partial charge in [0.2, 0.25) is 6.79 Å². The molecule has 3 nitrogen and oxygen atoms in total. The minimum Gasteiger partial charge on any atom is -0.454 e. The van der Waals surface area contributed by atoms with E-state index in [4.69, 9.17) is 9.47 Å². The highest BCUT2D eigenvalue weighted by Crippen LogP contribution is 2.39. The standard InChI is InChI=1S/C14H16O3/c15-8-10-1-3-11(4-2-10)12-5-6-13-14(7-12)17-9-16-13/h5-8,10-11H,1-4,9H2/t10-,11-. The first-order chi connectivity index (χ1) is 8.36. The number of hydrogen-bond acceptors (Lipinski definition) is 3. The van der Waals surface area contributed by atoms with Crippen LogP contribution in [-0.4, -0.2) is 13.1 Å². The van der Waals surface area contributed by atoms with Crippen LogP contribution in [0.15, 0.2) is 18.2 Å². The minimum atomic E-state index is 0.278. The van der Waals surface area contributed by atoms with Gasteiger partial charge in [-0.1, -0.05) is 6.07 Å². The molecule has 1 fully saturated rings. The normalized spacial score (nSPS) is 26.8. The smallest absolute Gasteiger partial charge is 0.231 e. The van der Waals surface area contributed by atoms with E-state index in [1.807, 2.05) is 6.07 Å². The Balaban J connectivity index is 1.74. The zero-order valence-electron chi connectivity index (χ0n) is 9.72. The third-order valence-corrected chi connectivity index (χ3v) is 3.83. The second kappa shape index (κ2) is 4.40. The lowest BCUT2D eigenvalue weighted by molar-refractivity contribution is -0.111. The molecule has 0 amide bonds. The van der Waals surface area contributed by atoms with Crippen molar-refractivity contribution < 1.29 is 14.3 Å². The molecular weight excluding hydrogens is 216 g/mol. The molecule has 0 atom stereocenters. The van der Waals surface area contributed by atoms with E-state index in [2.05, 4.69) is 12.1 Å². The van der Waals surface area contributed by atoms with Crippen molar-refractivity contribution in [3.8, 4) is 11.5 Å². The Hall–Kier alpha value is -1.51. The molecule has 0 saturated heterocycles. The summed E-state index contributed by atoms with van der Waals surface area (Å²) in [5.41, 5.74) is 1.32. The molecule has 90 valence electrons. The van der Waals surface area contributed by atoms with Gasteiger partial charge in [-0.2, -0.15) is 0 Å². The van der Waals surface area contributed by atoms with Gasteiger partial charge in [-0.25, -0.2) is 0 Å². The Morgan fingerprint density at radius 2 is 1.82 bits per heavy atom. The van der Waals surface area contributed by atoms with Crippen LogP contribution in [0.5, 0.6) is 11.5 Å². The van der Waals surface area contributed by atoms with Crippen molar-refractivity contribution in [1.29, 1.82) is 0 Å². The average molecular weight is 232 g/mol. The van der Waals surface area contributed by atoms with Crippen LogP contribution in [-0.2, 0) is 4.79 Å². The Morgan fingerprint density at radius 1 is 1.06 bits per heavy atom. The fraction of sp³-hybridized carbons (Fsp3) is 0.500. The van der Waals surface area contributed by atoms with E-state index in [0.717, 1.165) is 43.5 Å². The molecule has 1 aliphatic heterocycles. The Morgan fingerprint density at radius 3 is 2.59 bits per heavy atom. The van der Waals surface area contributed by atoms with Crippen LogP contribution in [0, 0.1) is 5.92 Å². The number of carbonyl (C=O) groups is 1. The second-order valence-corrected chi connectivity index (χ2v) is 4.86. The summed E-state index contributed by atoms with van der Waals surface area (Å²) in [4.78, 5) is 10.7. The summed E-state index contributed by atoms with van der Waals surface area (Å²) in [5, 5.41) is 0. The number of ether oxygens (including phenoxy) is 2. The maximum absolute atomic E-state index is 10.7. The summed E-state index contributed by atoms with van der Waals surface area (Å²) in [6, 6.07) is 6.21. The Kier molecular flexibility index (Phi) is 2.75. The zero-order valence-corrected chi connectivity index (χ0v) is 9.72. The van der Waals surface area contributed by atoms with E-state index in [1.54, 1.807) is 0 Å². The lowest BCUT2D eigenvalue weighted by Gasteiger charge is -2.25. The molecule has 0 spiro atoms. The van der Waals surface area contributed by atoms with Crippen molar-refractivity contribution >= 4 is 6.29 Å². The van der Waals surface area contributed by atoms with Gasteiger partial charge in [-0.05, 0) is 49.3 Å². The summed E-state index contributed by atoms with van der Waals surface area (Å²) in [7, 11) is 0. The van der Waals surface area contributed by atoms with Gasteiger partial charge in [0.15, 0.2) is 11.5 Å². The van der Waals surface area contributed by atoms with E-state index in [-0.39, 0.29) is 5.92 Å². The molecule has 1 aromatic carbocycles. The summed E-state index contributed by atoms with van der Waals surface area (Å²) in [5.74, 6) is 2.55. The molecule has 0 bridgehead atoms. The highest BCUT2D eigenvalue weighted by molar-refractivity contribution is 5.53. The monoisotopic (exact) mass is 232 g/mol. The van der Waals surface area contributed by atoms with Gasteiger partial charge in [-0.15, -0.1) is 0 Å². The maximum Gasteiger partial charge on any atom is 0.231 e. The zero-order chi connectivity index (χ0) is 11.7. The third-order valence-electron chi connectivity index (χ3n) is 3.83. The summed E-state index contributed by atoms with van der Waals surface area (Å²) in [6.07, 6.45) is 5.34. The minimum absolute atomic E-state index is 0.278. The molecular formula is C14H16O3. The third kappa shape index (κ3) is 2.02. The molecule has 1 saturated carbocycles. The van der Waals surface area contributed by atoms with Gasteiger partial charge in [-0.3, -0.25) is 0 Å². The molecule has 2 aliphatic rings. The van der Waals surface area contributed by atoms with Crippen molar-refractivity contribution in [2.24, 2.45) is 5.92 Å². The van der Waals surface area contributed by atoms with Crippen LogP contribution in [0.4, 0.5) is 0 Å². The molecule has 1 aromatic rings. The summed E-state index contributed by atoms with van der Waals surface area (Å²) in [6.45, 7) is 0.330. The number of fused-ring (bicyclic) bond motifs is 1. The topological polar surface area (TPSA) is 35.5 Å². The lowest BCUT2D eigenvalue weighted by Crippen LogP contribution is -2.14. The molecule has 17 heavy (non-hydrogen) atoms. The van der Waals surface area contributed by atoms with Gasteiger partial charge in [0.1, 0.15) is 6.29 Å². The molecule has 1 aliphatic carbocycles. The van der Waals surface area contributed by atoms with Crippen LogP contribution in [0.1, 0.15) is 37.2 Å². The van der Waals surface area contributed by atoms with E-state index in [1.165, 1.54) is 5.56 Å². The van der Waals surface area contributed by atoms with Crippen LogP contribution in [0.2, 0.25) is 0 Å². The van der Waals surface area contributed by atoms with Crippen LogP contribution in [0.25, 0.3) is 0 Å². The predicted molar refractivity (Wildman–Crippen MR) is 63.3 cm³/mol. The van der Waals surface area contributed by atoms with E-state index < -0.39 is 0 Å². The summed E-state index contributed by atoms with van der Waals surface area (Å²) >= 11 is 0. The van der Waals surface area contributed by atoms with Gasteiger partial charge in [0.25, 0.3) is 0 Å². The van der Waals surface area contributed by atoms with Gasteiger partial charge in [0, 0.05) is 5.92 Å². The first kappa shape index (κ1) is 10.6. The highest BCUT2D eigenvalue weighted by Gasteiger charge is 2.23. The van der Waals surface area contributed by atoms with Crippen molar-refractivity contribution in [2.45, 2.75) is 31.6 Å². The summed E-state index contributed by atoms with van der Waals surface area (Å²) < 4.78 is 10.7. The van der Waals surface area contributed by atoms with Crippen molar-refractivity contribution in [3.63, 3.8) is 0 Å². The van der Waals surface area contributed by atoms with Crippen molar-refractivity contribution in [1.82, 2.24) is 0 Å². The van der Waals surface area contributed by atoms with Gasteiger partial charge in [0.05, 0.1) is 0 Å². The van der Waals surface area contributed by atoms with E-state index >= 15 is 0 Å². The fourth-order valence-corrected chi connectivity index (χ4v) is 2.76. The molecule has 0 aromatic heterocycles. The Bertz CT molecular complexity index is 419. The molecule has 3 heteroatoms. The number of carbonyl (C=O) groups excluding carboxylic acids is 1. The maximum atomic E-state index is 10.7. The highest BCUT2D eigenvalue weighted by atomic mass is 16.7. The second-order valence-electron chi connectivity index (χ2n) is 4.86. The number of benzene rings is 1. The quantitative estimate of drug-likeness (QED) is 0.735.